The molecular formula is C11H9NO4. The standard InChI is InChI=1S/C11H9NO4/c12-4-3-8-2-1-7(6-10(13)14)5-9(8)11(15)16/h1-2,5H,3,6H2,(H,13,14)(H,15,16). The minimum absolute atomic E-state index is 0.00498. The monoisotopic (exact) mass is 219 g/mol. The molecule has 0 amide bonds. The smallest absolute Gasteiger partial charge is 0.336 e. The predicted octanol–water partition coefficient (Wildman–Crippen LogP) is 1.08. The maximum Gasteiger partial charge on any atom is 0.336 e. The highest BCUT2D eigenvalue weighted by atomic mass is 16.4. The van der Waals surface area contributed by atoms with E-state index >= 15 is 0 Å². The second-order valence-electron chi connectivity index (χ2n) is 3.20. The number of hydrogen-bond donors (Lipinski definition) is 2. The van der Waals surface area contributed by atoms with Gasteiger partial charge in [-0.25, -0.2) is 4.79 Å². The van der Waals surface area contributed by atoms with Crippen molar-refractivity contribution in [3.63, 3.8) is 0 Å². The highest BCUT2D eigenvalue weighted by Gasteiger charge is 2.11. The summed E-state index contributed by atoms with van der Waals surface area (Å²) in [7, 11) is 0. The Morgan fingerprint density at radius 1 is 1.31 bits per heavy atom. The zero-order valence-electron chi connectivity index (χ0n) is 8.30. The van der Waals surface area contributed by atoms with E-state index < -0.39 is 11.9 Å². The normalized spacial score (nSPS) is 9.44. The molecule has 1 aromatic carbocycles. The summed E-state index contributed by atoms with van der Waals surface area (Å²) in [6.07, 6.45) is -0.234. The maximum atomic E-state index is 10.9. The van der Waals surface area contributed by atoms with Gasteiger partial charge in [0, 0.05) is 0 Å². The molecule has 2 N–H and O–H groups in total. The summed E-state index contributed by atoms with van der Waals surface area (Å²) in [4.78, 5) is 21.3. The quantitative estimate of drug-likeness (QED) is 0.789. The zero-order chi connectivity index (χ0) is 12.1. The molecule has 0 radical (unpaired) electrons. The second-order valence-corrected chi connectivity index (χ2v) is 3.20. The molecule has 0 spiro atoms. The average molecular weight is 219 g/mol. The summed E-state index contributed by atoms with van der Waals surface area (Å²) in [5, 5.41) is 26.0. The van der Waals surface area contributed by atoms with Crippen LogP contribution in [0.2, 0.25) is 0 Å². The first-order valence-electron chi connectivity index (χ1n) is 4.48. The Labute approximate surface area is 91.6 Å². The molecule has 82 valence electrons. The van der Waals surface area contributed by atoms with E-state index in [2.05, 4.69) is 0 Å². The van der Waals surface area contributed by atoms with Crippen molar-refractivity contribution in [3.8, 4) is 6.07 Å². The summed E-state index contributed by atoms with van der Waals surface area (Å²) in [5.41, 5.74) is 0.788. The number of carboxylic acid groups (broad SMARTS) is 2. The van der Waals surface area contributed by atoms with Crippen molar-refractivity contribution in [1.82, 2.24) is 0 Å². The van der Waals surface area contributed by atoms with Gasteiger partial charge in [0.05, 0.1) is 24.5 Å². The van der Waals surface area contributed by atoms with Gasteiger partial charge in [-0.3, -0.25) is 4.79 Å². The third-order valence-corrected chi connectivity index (χ3v) is 2.03. The predicted molar refractivity (Wildman–Crippen MR) is 54.1 cm³/mol. The highest BCUT2D eigenvalue weighted by Crippen LogP contribution is 2.13. The van der Waals surface area contributed by atoms with Crippen LogP contribution in [0.1, 0.15) is 21.5 Å². The van der Waals surface area contributed by atoms with Crippen molar-refractivity contribution in [1.29, 1.82) is 5.26 Å². The van der Waals surface area contributed by atoms with Gasteiger partial charge in [0.15, 0.2) is 0 Å². The number of carbonyl (C=O) groups is 2. The van der Waals surface area contributed by atoms with E-state index in [0.717, 1.165) is 0 Å². The van der Waals surface area contributed by atoms with E-state index in [0.29, 0.717) is 11.1 Å². The van der Waals surface area contributed by atoms with Crippen molar-refractivity contribution in [2.24, 2.45) is 0 Å². The van der Waals surface area contributed by atoms with Crippen LogP contribution >= 0.6 is 0 Å². The van der Waals surface area contributed by atoms with E-state index in [-0.39, 0.29) is 18.4 Å². The van der Waals surface area contributed by atoms with Crippen LogP contribution in [0.5, 0.6) is 0 Å². The molecule has 0 aliphatic rings. The van der Waals surface area contributed by atoms with E-state index in [1.165, 1.54) is 18.2 Å². The first-order valence-corrected chi connectivity index (χ1v) is 4.48. The number of carboxylic acids is 2. The van der Waals surface area contributed by atoms with Crippen LogP contribution in [0.15, 0.2) is 18.2 Å². The summed E-state index contributed by atoms with van der Waals surface area (Å²) in [6, 6.07) is 6.15. The van der Waals surface area contributed by atoms with Gasteiger partial charge in [-0.15, -0.1) is 0 Å². The van der Waals surface area contributed by atoms with Crippen molar-refractivity contribution < 1.29 is 19.8 Å². The lowest BCUT2D eigenvalue weighted by molar-refractivity contribution is -0.136. The molecule has 0 fully saturated rings. The summed E-state index contributed by atoms with van der Waals surface area (Å²) in [5.74, 6) is -2.18. The van der Waals surface area contributed by atoms with Gasteiger partial charge >= 0.3 is 11.9 Å². The van der Waals surface area contributed by atoms with E-state index in [4.69, 9.17) is 15.5 Å². The van der Waals surface area contributed by atoms with Crippen LogP contribution in [-0.2, 0) is 17.6 Å². The lowest BCUT2D eigenvalue weighted by Crippen LogP contribution is -2.06. The van der Waals surface area contributed by atoms with E-state index in [1.807, 2.05) is 6.07 Å². The van der Waals surface area contributed by atoms with Gasteiger partial charge in [0.25, 0.3) is 0 Å². The van der Waals surface area contributed by atoms with E-state index in [9.17, 15) is 9.59 Å². The molecule has 0 saturated carbocycles. The zero-order valence-corrected chi connectivity index (χ0v) is 8.30. The van der Waals surface area contributed by atoms with Gasteiger partial charge in [-0.05, 0) is 17.2 Å². The number of rotatable bonds is 4. The molecular weight excluding hydrogens is 210 g/mol. The summed E-state index contributed by atoms with van der Waals surface area (Å²) in [6.45, 7) is 0. The summed E-state index contributed by atoms with van der Waals surface area (Å²) >= 11 is 0. The van der Waals surface area contributed by atoms with Crippen LogP contribution in [0, 0.1) is 11.3 Å². The number of hydrogen-bond acceptors (Lipinski definition) is 3. The molecule has 0 unspecified atom stereocenters. The fraction of sp³-hybridized carbons (Fsp3) is 0.182. The van der Waals surface area contributed by atoms with Gasteiger partial charge in [0.1, 0.15) is 0 Å². The molecule has 1 aromatic rings. The van der Waals surface area contributed by atoms with E-state index in [1.54, 1.807) is 0 Å². The molecule has 0 saturated heterocycles. The van der Waals surface area contributed by atoms with Crippen molar-refractivity contribution in [2.75, 3.05) is 0 Å². The molecule has 0 heterocycles. The Kier molecular flexibility index (Phi) is 3.62. The second kappa shape index (κ2) is 4.94. The largest absolute Gasteiger partial charge is 0.481 e. The van der Waals surface area contributed by atoms with Crippen LogP contribution < -0.4 is 0 Å². The third kappa shape index (κ3) is 2.82. The first-order chi connectivity index (χ1) is 7.54. The lowest BCUT2D eigenvalue weighted by Gasteiger charge is -2.04. The molecule has 0 atom stereocenters. The third-order valence-electron chi connectivity index (χ3n) is 2.03. The van der Waals surface area contributed by atoms with Gasteiger partial charge in [0.2, 0.25) is 0 Å². The van der Waals surface area contributed by atoms with Crippen molar-refractivity contribution >= 4 is 11.9 Å². The fourth-order valence-corrected chi connectivity index (χ4v) is 1.35. The molecule has 5 nitrogen and oxygen atoms in total. The Morgan fingerprint density at radius 2 is 2.00 bits per heavy atom. The minimum Gasteiger partial charge on any atom is -0.481 e. The number of nitriles is 1. The Balaban J connectivity index is 3.13. The molecule has 0 aliphatic heterocycles. The Morgan fingerprint density at radius 3 is 2.50 bits per heavy atom. The van der Waals surface area contributed by atoms with Crippen molar-refractivity contribution in [3.05, 3.63) is 34.9 Å². The van der Waals surface area contributed by atoms with Gasteiger partial charge in [-0.1, -0.05) is 12.1 Å². The molecule has 0 aliphatic carbocycles. The topological polar surface area (TPSA) is 98.4 Å². The first kappa shape index (κ1) is 11.7. The molecule has 1 rings (SSSR count). The number of nitrogens with zero attached hydrogens (tertiary/aromatic N) is 1. The number of aliphatic carboxylic acids is 1. The van der Waals surface area contributed by atoms with Gasteiger partial charge < -0.3 is 10.2 Å². The lowest BCUT2D eigenvalue weighted by atomic mass is 10.0. The van der Waals surface area contributed by atoms with Crippen LogP contribution in [0.3, 0.4) is 0 Å². The van der Waals surface area contributed by atoms with Gasteiger partial charge in [-0.2, -0.15) is 5.26 Å². The molecule has 0 bridgehead atoms. The van der Waals surface area contributed by atoms with Crippen LogP contribution in [-0.4, -0.2) is 22.2 Å². The number of aromatic carboxylic acids is 1. The Bertz CT molecular complexity index is 473. The Hall–Kier alpha value is -2.35. The van der Waals surface area contributed by atoms with Crippen LogP contribution in [0.25, 0.3) is 0 Å². The minimum atomic E-state index is -1.16. The SMILES string of the molecule is N#CCc1ccc(CC(=O)O)cc1C(=O)O. The maximum absolute atomic E-state index is 10.9. The fourth-order valence-electron chi connectivity index (χ4n) is 1.35. The summed E-state index contributed by atoms with van der Waals surface area (Å²) < 4.78 is 0. The van der Waals surface area contributed by atoms with Crippen LogP contribution in [0.4, 0.5) is 0 Å². The average Bonchev–Trinajstić information content (AvgIpc) is 2.19. The molecule has 0 aromatic heterocycles. The molecule has 5 heteroatoms. The molecule has 16 heavy (non-hydrogen) atoms. The number of benzene rings is 1. The highest BCUT2D eigenvalue weighted by molar-refractivity contribution is 5.90. The van der Waals surface area contributed by atoms with Crippen molar-refractivity contribution in [2.45, 2.75) is 12.8 Å².